The van der Waals surface area contributed by atoms with Crippen LogP contribution in [0.2, 0.25) is 0 Å². The van der Waals surface area contributed by atoms with Gasteiger partial charge in [-0.05, 0) is 24.1 Å². The first kappa shape index (κ1) is 10.9. The molecule has 0 heterocycles. The van der Waals surface area contributed by atoms with E-state index in [4.69, 9.17) is 22.1 Å². The average molecular weight is 212 g/mol. The molecule has 1 aromatic carbocycles. The summed E-state index contributed by atoms with van der Waals surface area (Å²) < 4.78 is 5.10. The zero-order valence-electron chi connectivity index (χ0n) is 8.16. The van der Waals surface area contributed by atoms with Crippen molar-refractivity contribution >= 4 is 23.4 Å². The molecule has 0 spiro atoms. The largest absolute Gasteiger partial charge is 0.497 e. The van der Waals surface area contributed by atoms with E-state index in [0.717, 1.165) is 17.7 Å². The van der Waals surface area contributed by atoms with Crippen molar-refractivity contribution in [3.8, 4) is 5.75 Å². The van der Waals surface area contributed by atoms with Gasteiger partial charge in [0.25, 0.3) is 0 Å². The van der Waals surface area contributed by atoms with Gasteiger partial charge in [-0.15, -0.1) is 11.6 Å². The first-order valence-corrected chi connectivity index (χ1v) is 4.97. The lowest BCUT2D eigenvalue weighted by Crippen LogP contribution is -1.89. The number of anilines is 1. The molecule has 0 fully saturated rings. The van der Waals surface area contributed by atoms with Gasteiger partial charge in [0, 0.05) is 17.6 Å². The highest BCUT2D eigenvalue weighted by Gasteiger charge is 1.95. The van der Waals surface area contributed by atoms with E-state index in [1.54, 1.807) is 13.2 Å². The van der Waals surface area contributed by atoms with Crippen LogP contribution in [0.5, 0.6) is 5.75 Å². The lowest BCUT2D eigenvalue weighted by molar-refractivity contribution is 0.415. The number of nitrogen functional groups attached to an aromatic ring is 1. The van der Waals surface area contributed by atoms with E-state index in [0.29, 0.717) is 11.6 Å². The maximum Gasteiger partial charge on any atom is 0.121 e. The predicted molar refractivity (Wildman–Crippen MR) is 61.8 cm³/mol. The normalized spacial score (nSPS) is 10.7. The van der Waals surface area contributed by atoms with Gasteiger partial charge in [0.2, 0.25) is 0 Å². The van der Waals surface area contributed by atoms with Gasteiger partial charge in [0.05, 0.1) is 7.11 Å². The Bertz CT molecular complexity index is 323. The van der Waals surface area contributed by atoms with Crippen molar-refractivity contribution in [1.82, 2.24) is 0 Å². The van der Waals surface area contributed by atoms with Crippen LogP contribution in [-0.2, 0) is 0 Å². The summed E-state index contributed by atoms with van der Waals surface area (Å²) in [5.41, 5.74) is 7.44. The smallest absolute Gasteiger partial charge is 0.121 e. The molecule has 14 heavy (non-hydrogen) atoms. The standard InChI is InChI=1S/C11H14ClNO/c1-14-11-7-9(4-2-3-5-12)6-10(13)8-11/h2,4,6-8H,3,5,13H2,1H3. The van der Waals surface area contributed by atoms with E-state index in [1.807, 2.05) is 24.3 Å². The zero-order valence-corrected chi connectivity index (χ0v) is 8.92. The molecule has 1 aromatic rings. The first-order valence-electron chi connectivity index (χ1n) is 4.43. The van der Waals surface area contributed by atoms with Crippen LogP contribution >= 0.6 is 11.6 Å². The fourth-order valence-corrected chi connectivity index (χ4v) is 1.27. The molecule has 76 valence electrons. The van der Waals surface area contributed by atoms with E-state index >= 15 is 0 Å². The second-order valence-corrected chi connectivity index (χ2v) is 3.30. The molecule has 0 aliphatic carbocycles. The molecule has 0 amide bonds. The Morgan fingerprint density at radius 3 is 2.86 bits per heavy atom. The summed E-state index contributed by atoms with van der Waals surface area (Å²) in [7, 11) is 1.63. The SMILES string of the molecule is COc1cc(N)cc(C=CCCCl)c1. The van der Waals surface area contributed by atoms with Crippen LogP contribution in [0, 0.1) is 0 Å². The Morgan fingerprint density at radius 1 is 1.43 bits per heavy atom. The molecule has 0 saturated carbocycles. The van der Waals surface area contributed by atoms with Gasteiger partial charge in [0.15, 0.2) is 0 Å². The molecular formula is C11H14ClNO. The number of ether oxygens (including phenoxy) is 1. The highest BCUT2D eigenvalue weighted by molar-refractivity contribution is 6.17. The summed E-state index contributed by atoms with van der Waals surface area (Å²) in [6.45, 7) is 0. The Balaban J connectivity index is 2.81. The lowest BCUT2D eigenvalue weighted by atomic mass is 10.1. The number of methoxy groups -OCH3 is 1. The second-order valence-electron chi connectivity index (χ2n) is 2.92. The molecule has 0 atom stereocenters. The summed E-state index contributed by atoms with van der Waals surface area (Å²) >= 11 is 5.56. The predicted octanol–water partition coefficient (Wildman–Crippen LogP) is 2.92. The number of rotatable bonds is 4. The second kappa shape index (κ2) is 5.55. The number of hydrogen-bond donors (Lipinski definition) is 1. The van der Waals surface area contributed by atoms with Crippen molar-refractivity contribution in [3.05, 3.63) is 29.8 Å². The lowest BCUT2D eigenvalue weighted by Gasteiger charge is -2.02. The zero-order chi connectivity index (χ0) is 10.4. The Morgan fingerprint density at radius 2 is 2.21 bits per heavy atom. The van der Waals surface area contributed by atoms with Gasteiger partial charge in [-0.2, -0.15) is 0 Å². The van der Waals surface area contributed by atoms with Gasteiger partial charge in [-0.3, -0.25) is 0 Å². The van der Waals surface area contributed by atoms with Crippen LogP contribution < -0.4 is 10.5 Å². The Labute approximate surface area is 89.3 Å². The molecule has 0 radical (unpaired) electrons. The quantitative estimate of drug-likeness (QED) is 0.614. The molecular weight excluding hydrogens is 198 g/mol. The minimum atomic E-state index is 0.635. The third-order valence-electron chi connectivity index (χ3n) is 1.77. The molecule has 0 aliphatic rings. The van der Waals surface area contributed by atoms with E-state index < -0.39 is 0 Å². The average Bonchev–Trinajstić information content (AvgIpc) is 2.17. The topological polar surface area (TPSA) is 35.2 Å². The molecule has 0 aliphatic heterocycles. The minimum absolute atomic E-state index is 0.635. The van der Waals surface area contributed by atoms with E-state index in [1.165, 1.54) is 0 Å². The van der Waals surface area contributed by atoms with Crippen molar-refractivity contribution in [2.75, 3.05) is 18.7 Å². The van der Waals surface area contributed by atoms with Gasteiger partial charge in [0.1, 0.15) is 5.75 Å². The van der Waals surface area contributed by atoms with Crippen molar-refractivity contribution in [2.24, 2.45) is 0 Å². The minimum Gasteiger partial charge on any atom is -0.497 e. The number of alkyl halides is 1. The van der Waals surface area contributed by atoms with Gasteiger partial charge in [-0.1, -0.05) is 12.2 Å². The summed E-state index contributed by atoms with van der Waals surface area (Å²) in [4.78, 5) is 0. The number of hydrogen-bond acceptors (Lipinski definition) is 2. The fourth-order valence-electron chi connectivity index (χ4n) is 1.14. The van der Waals surface area contributed by atoms with Gasteiger partial charge < -0.3 is 10.5 Å². The van der Waals surface area contributed by atoms with Crippen molar-refractivity contribution in [2.45, 2.75) is 6.42 Å². The van der Waals surface area contributed by atoms with Crippen molar-refractivity contribution in [3.63, 3.8) is 0 Å². The summed E-state index contributed by atoms with van der Waals surface area (Å²) in [5, 5.41) is 0. The molecule has 0 aromatic heterocycles. The van der Waals surface area contributed by atoms with Gasteiger partial charge in [-0.25, -0.2) is 0 Å². The maximum absolute atomic E-state index is 5.70. The van der Waals surface area contributed by atoms with E-state index in [2.05, 4.69) is 0 Å². The van der Waals surface area contributed by atoms with Crippen LogP contribution in [-0.4, -0.2) is 13.0 Å². The third kappa shape index (κ3) is 3.30. The number of allylic oxidation sites excluding steroid dienone is 1. The van der Waals surface area contributed by atoms with Crippen LogP contribution in [0.1, 0.15) is 12.0 Å². The van der Waals surface area contributed by atoms with Crippen molar-refractivity contribution in [1.29, 1.82) is 0 Å². The third-order valence-corrected chi connectivity index (χ3v) is 1.99. The number of benzene rings is 1. The van der Waals surface area contributed by atoms with Crippen molar-refractivity contribution < 1.29 is 4.74 Å². The van der Waals surface area contributed by atoms with E-state index in [-0.39, 0.29) is 0 Å². The molecule has 2 nitrogen and oxygen atoms in total. The van der Waals surface area contributed by atoms with E-state index in [9.17, 15) is 0 Å². The summed E-state index contributed by atoms with van der Waals surface area (Å²) in [5.74, 6) is 1.41. The molecule has 2 N–H and O–H groups in total. The molecule has 0 saturated heterocycles. The Hall–Kier alpha value is -1.15. The van der Waals surface area contributed by atoms with Crippen LogP contribution in [0.4, 0.5) is 5.69 Å². The van der Waals surface area contributed by atoms with Crippen LogP contribution in [0.15, 0.2) is 24.3 Å². The molecule has 0 unspecified atom stereocenters. The van der Waals surface area contributed by atoms with Crippen LogP contribution in [0.25, 0.3) is 6.08 Å². The van der Waals surface area contributed by atoms with Gasteiger partial charge >= 0.3 is 0 Å². The highest BCUT2D eigenvalue weighted by atomic mass is 35.5. The number of nitrogens with two attached hydrogens (primary N) is 1. The number of halogens is 1. The molecule has 3 heteroatoms. The molecule has 1 rings (SSSR count). The maximum atomic E-state index is 5.70. The Kier molecular flexibility index (Phi) is 4.33. The molecule has 0 bridgehead atoms. The highest BCUT2D eigenvalue weighted by Crippen LogP contribution is 2.19. The summed E-state index contributed by atoms with van der Waals surface area (Å²) in [6, 6.07) is 5.62. The summed E-state index contributed by atoms with van der Waals surface area (Å²) in [6.07, 6.45) is 4.86. The monoisotopic (exact) mass is 211 g/mol. The van der Waals surface area contributed by atoms with Crippen LogP contribution in [0.3, 0.4) is 0 Å². The first-order chi connectivity index (χ1) is 6.76. The fraction of sp³-hybridized carbons (Fsp3) is 0.273.